The van der Waals surface area contributed by atoms with Gasteiger partial charge in [0, 0.05) is 0 Å². The highest BCUT2D eigenvalue weighted by Gasteiger charge is 2.03. The first kappa shape index (κ1) is 20.6. The summed E-state index contributed by atoms with van der Waals surface area (Å²) in [4.78, 5) is 9.91. The highest BCUT2D eigenvalue weighted by Crippen LogP contribution is 2.14. The summed E-state index contributed by atoms with van der Waals surface area (Å²) in [5.74, 6) is 0. The summed E-state index contributed by atoms with van der Waals surface area (Å²) < 4.78 is 0. The predicted molar refractivity (Wildman–Crippen MR) is 91.6 cm³/mol. The minimum Gasteiger partial charge on any atom is -0.393 e. The van der Waals surface area contributed by atoms with Gasteiger partial charge < -0.3 is 5.11 Å². The summed E-state index contributed by atoms with van der Waals surface area (Å²) in [7, 11) is 0. The number of nitroso groups, excluding NO2 is 1. The van der Waals surface area contributed by atoms with Crippen LogP contribution in [0.1, 0.15) is 103 Å². The molecule has 0 aromatic rings. The van der Waals surface area contributed by atoms with E-state index in [1.54, 1.807) is 0 Å². The van der Waals surface area contributed by atoms with Crippen molar-refractivity contribution in [1.82, 2.24) is 0 Å². The molecule has 3 nitrogen and oxygen atoms in total. The monoisotopic (exact) mass is 299 g/mol. The molecule has 0 saturated carbocycles. The lowest BCUT2D eigenvalue weighted by molar-refractivity contribution is 0.147. The Bertz CT molecular complexity index is 209. The van der Waals surface area contributed by atoms with E-state index >= 15 is 0 Å². The quantitative estimate of drug-likeness (QED) is 0.265. The summed E-state index contributed by atoms with van der Waals surface area (Å²) in [6.45, 7) is 2.72. The van der Waals surface area contributed by atoms with Crippen molar-refractivity contribution in [3.8, 4) is 0 Å². The van der Waals surface area contributed by atoms with Gasteiger partial charge in [-0.25, -0.2) is 0 Å². The van der Waals surface area contributed by atoms with Gasteiger partial charge >= 0.3 is 0 Å². The minimum atomic E-state index is -0.0742. The van der Waals surface area contributed by atoms with E-state index in [9.17, 15) is 10.0 Å². The largest absolute Gasteiger partial charge is 0.393 e. The lowest BCUT2D eigenvalue weighted by Gasteiger charge is -2.10. The topological polar surface area (TPSA) is 49.7 Å². The molecule has 3 heteroatoms. The van der Waals surface area contributed by atoms with E-state index < -0.39 is 0 Å². The van der Waals surface area contributed by atoms with Crippen molar-refractivity contribution >= 4 is 0 Å². The first-order valence-electron chi connectivity index (χ1n) is 9.28. The molecule has 0 aliphatic heterocycles. The standard InChI is InChI=1S/C18H37NO2/c1-2-3-4-5-9-12-15-18(20)16-13-10-7-6-8-11-14-17-19-21/h18,20H,2-17H2,1H3. The average molecular weight is 299 g/mol. The maximum absolute atomic E-state index is 9.91. The third kappa shape index (κ3) is 17.5. The van der Waals surface area contributed by atoms with Crippen LogP contribution in [0.25, 0.3) is 0 Å². The van der Waals surface area contributed by atoms with E-state index in [1.807, 2.05) is 0 Å². The van der Waals surface area contributed by atoms with Crippen LogP contribution in [0.5, 0.6) is 0 Å². The fraction of sp³-hybridized carbons (Fsp3) is 1.00. The van der Waals surface area contributed by atoms with E-state index in [1.165, 1.54) is 64.2 Å². The van der Waals surface area contributed by atoms with Gasteiger partial charge in [-0.05, 0) is 19.3 Å². The van der Waals surface area contributed by atoms with Crippen LogP contribution in [0.2, 0.25) is 0 Å². The lowest BCUT2D eigenvalue weighted by atomic mass is 10.0. The summed E-state index contributed by atoms with van der Waals surface area (Å²) in [6.07, 6.45) is 17.9. The number of hydrogen-bond acceptors (Lipinski definition) is 3. The van der Waals surface area contributed by atoms with Gasteiger partial charge in [-0.1, -0.05) is 89.2 Å². The van der Waals surface area contributed by atoms with Crippen LogP contribution in [0, 0.1) is 4.91 Å². The highest BCUT2D eigenvalue weighted by molar-refractivity contribution is 4.57. The number of nitrogens with zero attached hydrogens (tertiary/aromatic N) is 1. The van der Waals surface area contributed by atoms with Crippen molar-refractivity contribution in [2.75, 3.05) is 6.54 Å². The number of rotatable bonds is 17. The Kier molecular flexibility index (Phi) is 17.2. The normalized spacial score (nSPS) is 12.5. The summed E-state index contributed by atoms with van der Waals surface area (Å²) in [6, 6.07) is 0. The Hall–Kier alpha value is -0.440. The van der Waals surface area contributed by atoms with Crippen molar-refractivity contribution in [3.05, 3.63) is 4.91 Å². The zero-order valence-electron chi connectivity index (χ0n) is 14.2. The van der Waals surface area contributed by atoms with Crippen molar-refractivity contribution in [1.29, 1.82) is 0 Å². The SMILES string of the molecule is CCCCCCCCC(O)CCCCCCCCCN=O. The van der Waals surface area contributed by atoms with Crippen LogP contribution >= 0.6 is 0 Å². The Labute approximate surface area is 131 Å². The van der Waals surface area contributed by atoms with Gasteiger partial charge in [-0.3, -0.25) is 0 Å². The Morgan fingerprint density at radius 2 is 1.14 bits per heavy atom. The summed E-state index contributed by atoms with van der Waals surface area (Å²) in [5, 5.41) is 12.8. The summed E-state index contributed by atoms with van der Waals surface area (Å²) >= 11 is 0. The molecule has 1 atom stereocenters. The predicted octanol–water partition coefficient (Wildman–Crippen LogP) is 5.99. The zero-order valence-corrected chi connectivity index (χ0v) is 14.2. The second-order valence-corrected chi connectivity index (χ2v) is 6.33. The van der Waals surface area contributed by atoms with Gasteiger partial charge in [0.05, 0.1) is 12.6 Å². The van der Waals surface area contributed by atoms with Crippen molar-refractivity contribution in [3.63, 3.8) is 0 Å². The number of aliphatic hydroxyl groups excluding tert-OH is 1. The van der Waals surface area contributed by atoms with Crippen molar-refractivity contribution in [2.45, 2.75) is 109 Å². The molecule has 0 aliphatic carbocycles. The first-order valence-corrected chi connectivity index (χ1v) is 9.28. The molecule has 0 rings (SSSR count). The molecule has 0 heterocycles. The molecule has 0 saturated heterocycles. The number of hydrogen-bond donors (Lipinski definition) is 1. The molecular weight excluding hydrogens is 262 g/mol. The Balaban J connectivity index is 3.12. The van der Waals surface area contributed by atoms with E-state index in [-0.39, 0.29) is 6.10 Å². The second kappa shape index (κ2) is 17.6. The van der Waals surface area contributed by atoms with Crippen LogP contribution in [-0.2, 0) is 0 Å². The second-order valence-electron chi connectivity index (χ2n) is 6.33. The zero-order chi connectivity index (χ0) is 15.6. The maximum Gasteiger partial charge on any atom is 0.0811 e. The lowest BCUT2D eigenvalue weighted by Crippen LogP contribution is -2.05. The Morgan fingerprint density at radius 1 is 0.714 bits per heavy atom. The van der Waals surface area contributed by atoms with Gasteiger partial charge in [0.25, 0.3) is 0 Å². The van der Waals surface area contributed by atoms with Crippen molar-refractivity contribution < 1.29 is 5.11 Å². The van der Waals surface area contributed by atoms with Gasteiger partial charge in [-0.2, -0.15) is 4.91 Å². The third-order valence-electron chi connectivity index (χ3n) is 4.18. The molecular formula is C18H37NO2. The van der Waals surface area contributed by atoms with Gasteiger partial charge in [0.15, 0.2) is 0 Å². The third-order valence-corrected chi connectivity index (χ3v) is 4.18. The average Bonchev–Trinajstić information content (AvgIpc) is 2.49. The molecule has 0 radical (unpaired) electrons. The van der Waals surface area contributed by atoms with Crippen LogP contribution < -0.4 is 0 Å². The van der Waals surface area contributed by atoms with Crippen LogP contribution in [0.15, 0.2) is 5.18 Å². The molecule has 0 fully saturated rings. The highest BCUT2D eigenvalue weighted by atomic mass is 16.3. The Morgan fingerprint density at radius 3 is 1.62 bits per heavy atom. The molecule has 0 amide bonds. The molecule has 0 aromatic heterocycles. The van der Waals surface area contributed by atoms with E-state index in [0.29, 0.717) is 6.54 Å². The van der Waals surface area contributed by atoms with E-state index in [4.69, 9.17) is 0 Å². The molecule has 0 spiro atoms. The van der Waals surface area contributed by atoms with Crippen LogP contribution in [-0.4, -0.2) is 17.8 Å². The fourth-order valence-corrected chi connectivity index (χ4v) is 2.74. The summed E-state index contributed by atoms with van der Waals surface area (Å²) in [5.41, 5.74) is 0. The van der Waals surface area contributed by atoms with E-state index in [0.717, 1.165) is 32.1 Å². The van der Waals surface area contributed by atoms with Gasteiger partial charge in [-0.15, -0.1) is 0 Å². The molecule has 21 heavy (non-hydrogen) atoms. The fourth-order valence-electron chi connectivity index (χ4n) is 2.74. The minimum absolute atomic E-state index is 0.0742. The first-order chi connectivity index (χ1) is 10.3. The molecule has 0 bridgehead atoms. The van der Waals surface area contributed by atoms with E-state index in [2.05, 4.69) is 12.1 Å². The molecule has 1 N–H and O–H groups in total. The van der Waals surface area contributed by atoms with Crippen LogP contribution in [0.3, 0.4) is 0 Å². The molecule has 1 unspecified atom stereocenters. The van der Waals surface area contributed by atoms with Gasteiger partial charge in [0.2, 0.25) is 0 Å². The van der Waals surface area contributed by atoms with Crippen molar-refractivity contribution in [2.24, 2.45) is 5.18 Å². The van der Waals surface area contributed by atoms with Gasteiger partial charge in [0.1, 0.15) is 0 Å². The number of unbranched alkanes of at least 4 members (excludes halogenated alkanes) is 11. The molecule has 126 valence electrons. The smallest absolute Gasteiger partial charge is 0.0811 e. The van der Waals surface area contributed by atoms with Crippen LogP contribution in [0.4, 0.5) is 0 Å². The molecule has 0 aromatic carbocycles. The molecule has 0 aliphatic rings. The number of aliphatic hydroxyl groups is 1. The maximum atomic E-state index is 9.91.